The van der Waals surface area contributed by atoms with Gasteiger partial charge in [-0.2, -0.15) is 0 Å². The molecule has 0 aliphatic heterocycles. The zero-order valence-corrected chi connectivity index (χ0v) is 13.1. The summed E-state index contributed by atoms with van der Waals surface area (Å²) >= 11 is 0. The van der Waals surface area contributed by atoms with E-state index in [2.05, 4.69) is 26.1 Å². The van der Waals surface area contributed by atoms with Crippen molar-refractivity contribution >= 4 is 9.84 Å². The Morgan fingerprint density at radius 3 is 2.44 bits per heavy atom. The van der Waals surface area contributed by atoms with Gasteiger partial charge in [-0.25, -0.2) is 8.42 Å². The first-order chi connectivity index (χ1) is 8.34. The maximum atomic E-state index is 11.7. The predicted octanol–water partition coefficient (Wildman–Crippen LogP) is 2.61. The van der Waals surface area contributed by atoms with E-state index in [4.69, 9.17) is 0 Å². The van der Waals surface area contributed by atoms with Gasteiger partial charge in [-0.05, 0) is 44.1 Å². The van der Waals surface area contributed by atoms with Crippen molar-refractivity contribution in [2.75, 3.05) is 12.8 Å². The zero-order chi connectivity index (χ0) is 13.8. The molecule has 0 radical (unpaired) electrons. The van der Waals surface area contributed by atoms with Crippen LogP contribution in [0.2, 0.25) is 0 Å². The van der Waals surface area contributed by atoms with Gasteiger partial charge in [0.2, 0.25) is 0 Å². The summed E-state index contributed by atoms with van der Waals surface area (Å²) in [6.45, 7) is 7.57. The van der Waals surface area contributed by atoms with Crippen molar-refractivity contribution in [2.24, 2.45) is 11.8 Å². The summed E-state index contributed by atoms with van der Waals surface area (Å²) in [6.07, 6.45) is 6.48. The highest BCUT2D eigenvalue weighted by atomic mass is 32.2. The van der Waals surface area contributed by atoms with E-state index >= 15 is 0 Å². The van der Waals surface area contributed by atoms with Crippen molar-refractivity contribution in [2.45, 2.75) is 64.2 Å². The summed E-state index contributed by atoms with van der Waals surface area (Å²) < 4.78 is 23.4. The second kappa shape index (κ2) is 6.90. The van der Waals surface area contributed by atoms with Crippen LogP contribution in [0.4, 0.5) is 0 Å². The molecule has 4 heteroatoms. The molecule has 1 aliphatic rings. The third-order valence-corrected chi connectivity index (χ3v) is 5.67. The van der Waals surface area contributed by atoms with E-state index in [0.29, 0.717) is 17.9 Å². The SMILES string of the molecule is CCNC(CC(C)C)C1CCCC(S(C)(=O)=O)C1. The van der Waals surface area contributed by atoms with Gasteiger partial charge in [-0.1, -0.05) is 27.2 Å². The van der Waals surface area contributed by atoms with Gasteiger partial charge >= 0.3 is 0 Å². The lowest BCUT2D eigenvalue weighted by Crippen LogP contribution is -2.41. The molecule has 1 saturated carbocycles. The molecule has 0 bridgehead atoms. The molecule has 1 aliphatic carbocycles. The Hall–Kier alpha value is -0.0900. The minimum Gasteiger partial charge on any atom is -0.314 e. The van der Waals surface area contributed by atoms with Crippen molar-refractivity contribution in [3.63, 3.8) is 0 Å². The standard InChI is InChI=1S/C14H29NO2S/c1-5-15-14(9-11(2)3)12-7-6-8-13(10-12)18(4,16)17/h11-15H,5-10H2,1-4H3. The quantitative estimate of drug-likeness (QED) is 0.810. The van der Waals surface area contributed by atoms with E-state index in [0.717, 1.165) is 32.2 Å². The molecule has 1 rings (SSSR count). The van der Waals surface area contributed by atoms with Crippen LogP contribution >= 0.6 is 0 Å². The van der Waals surface area contributed by atoms with Gasteiger partial charge in [0.15, 0.2) is 0 Å². The lowest BCUT2D eigenvalue weighted by molar-refractivity contribution is 0.245. The Bertz CT molecular complexity index is 338. The fourth-order valence-corrected chi connectivity index (χ4v) is 4.34. The third kappa shape index (κ3) is 4.88. The highest BCUT2D eigenvalue weighted by Gasteiger charge is 2.32. The van der Waals surface area contributed by atoms with E-state index < -0.39 is 9.84 Å². The van der Waals surface area contributed by atoms with Gasteiger partial charge in [0.05, 0.1) is 5.25 Å². The molecule has 3 atom stereocenters. The summed E-state index contributed by atoms with van der Waals surface area (Å²) in [4.78, 5) is 0. The lowest BCUT2D eigenvalue weighted by atomic mass is 9.80. The molecule has 0 saturated heterocycles. The van der Waals surface area contributed by atoms with Crippen LogP contribution in [0.1, 0.15) is 52.9 Å². The first kappa shape index (κ1) is 16.0. The van der Waals surface area contributed by atoms with Crippen molar-refractivity contribution in [3.8, 4) is 0 Å². The number of sulfone groups is 1. The Morgan fingerprint density at radius 2 is 1.94 bits per heavy atom. The fourth-order valence-electron chi connectivity index (χ4n) is 3.15. The van der Waals surface area contributed by atoms with Gasteiger partial charge in [0.1, 0.15) is 9.84 Å². The number of hydrogen-bond acceptors (Lipinski definition) is 3. The second-order valence-electron chi connectivity index (χ2n) is 6.17. The summed E-state index contributed by atoms with van der Waals surface area (Å²) in [5.41, 5.74) is 0. The van der Waals surface area contributed by atoms with E-state index in [9.17, 15) is 8.42 Å². The van der Waals surface area contributed by atoms with Gasteiger partial charge in [-0.15, -0.1) is 0 Å². The minimum atomic E-state index is -2.86. The average Bonchev–Trinajstić information content (AvgIpc) is 2.27. The molecule has 0 aromatic heterocycles. The number of nitrogens with one attached hydrogen (secondary N) is 1. The minimum absolute atomic E-state index is 0.107. The van der Waals surface area contributed by atoms with Crippen LogP contribution in [0.15, 0.2) is 0 Å². The molecule has 1 N–H and O–H groups in total. The molecule has 0 spiro atoms. The molecule has 18 heavy (non-hydrogen) atoms. The van der Waals surface area contributed by atoms with Gasteiger partial charge in [-0.3, -0.25) is 0 Å². The smallest absolute Gasteiger partial charge is 0.150 e. The average molecular weight is 275 g/mol. The van der Waals surface area contributed by atoms with Gasteiger partial charge in [0.25, 0.3) is 0 Å². The van der Waals surface area contributed by atoms with Crippen LogP contribution in [-0.4, -0.2) is 32.5 Å². The van der Waals surface area contributed by atoms with E-state index in [1.165, 1.54) is 12.7 Å². The van der Waals surface area contributed by atoms with Gasteiger partial charge in [0, 0.05) is 12.3 Å². The summed E-state index contributed by atoms with van der Waals surface area (Å²) in [5.74, 6) is 1.19. The zero-order valence-electron chi connectivity index (χ0n) is 12.3. The molecule has 0 aromatic rings. The molecule has 0 amide bonds. The molecular formula is C14H29NO2S. The predicted molar refractivity (Wildman–Crippen MR) is 77.5 cm³/mol. The van der Waals surface area contributed by atoms with Gasteiger partial charge < -0.3 is 5.32 Å². The van der Waals surface area contributed by atoms with Crippen LogP contribution in [0.3, 0.4) is 0 Å². The number of rotatable bonds is 6. The van der Waals surface area contributed by atoms with Crippen LogP contribution in [0.25, 0.3) is 0 Å². The summed E-state index contributed by atoms with van der Waals surface area (Å²) in [5, 5.41) is 3.45. The highest BCUT2D eigenvalue weighted by Crippen LogP contribution is 2.32. The van der Waals surface area contributed by atoms with Crippen molar-refractivity contribution in [1.82, 2.24) is 5.32 Å². The molecule has 1 fully saturated rings. The summed E-state index contributed by atoms with van der Waals surface area (Å²) in [7, 11) is -2.86. The lowest BCUT2D eigenvalue weighted by Gasteiger charge is -2.35. The van der Waals surface area contributed by atoms with Crippen molar-refractivity contribution in [3.05, 3.63) is 0 Å². The van der Waals surface area contributed by atoms with Crippen LogP contribution in [0.5, 0.6) is 0 Å². The second-order valence-corrected chi connectivity index (χ2v) is 8.50. The monoisotopic (exact) mass is 275 g/mol. The molecular weight excluding hydrogens is 246 g/mol. The maximum Gasteiger partial charge on any atom is 0.150 e. The number of hydrogen-bond donors (Lipinski definition) is 1. The normalized spacial score (nSPS) is 27.4. The first-order valence-electron chi connectivity index (χ1n) is 7.26. The molecule has 3 unspecified atom stereocenters. The first-order valence-corrected chi connectivity index (χ1v) is 9.22. The molecule has 0 aromatic carbocycles. The molecule has 0 heterocycles. The Labute approximate surface area is 113 Å². The third-order valence-electron chi connectivity index (χ3n) is 4.03. The molecule has 108 valence electrons. The maximum absolute atomic E-state index is 11.7. The largest absolute Gasteiger partial charge is 0.314 e. The fraction of sp³-hybridized carbons (Fsp3) is 1.00. The Morgan fingerprint density at radius 1 is 1.28 bits per heavy atom. The molecule has 3 nitrogen and oxygen atoms in total. The van der Waals surface area contributed by atoms with E-state index in [1.54, 1.807) is 0 Å². The Kier molecular flexibility index (Phi) is 6.12. The highest BCUT2D eigenvalue weighted by molar-refractivity contribution is 7.91. The van der Waals surface area contributed by atoms with E-state index in [-0.39, 0.29) is 5.25 Å². The van der Waals surface area contributed by atoms with E-state index in [1.807, 2.05) is 0 Å². The van der Waals surface area contributed by atoms with Crippen LogP contribution in [-0.2, 0) is 9.84 Å². The van der Waals surface area contributed by atoms with Crippen LogP contribution in [0, 0.1) is 11.8 Å². The summed E-state index contributed by atoms with van der Waals surface area (Å²) in [6, 6.07) is 0.486. The van der Waals surface area contributed by atoms with Crippen molar-refractivity contribution in [1.29, 1.82) is 0 Å². The Balaban J connectivity index is 2.67. The topological polar surface area (TPSA) is 46.2 Å². The van der Waals surface area contributed by atoms with Crippen molar-refractivity contribution < 1.29 is 8.42 Å². The van der Waals surface area contributed by atoms with Crippen LogP contribution < -0.4 is 5.32 Å².